The molecule has 1 heterocycles. The molecule has 1 fully saturated rings. The van der Waals surface area contributed by atoms with Gasteiger partial charge in [0.25, 0.3) is 0 Å². The normalized spacial score (nSPS) is 41.3. The topological polar surface area (TPSA) is 49.7 Å². The molecule has 1 saturated heterocycles. The second-order valence-electron chi connectivity index (χ2n) is 3.13. The molecule has 1 aliphatic rings. The predicted octanol–water partition coefficient (Wildman–Crippen LogP) is -0.278. The van der Waals surface area contributed by atoms with E-state index in [4.69, 9.17) is 14.9 Å². The van der Waals surface area contributed by atoms with E-state index in [0.29, 0.717) is 6.61 Å². The lowest BCUT2D eigenvalue weighted by Crippen LogP contribution is -2.31. The molecule has 0 amide bonds. The molecule has 0 saturated carbocycles. The summed E-state index contributed by atoms with van der Waals surface area (Å²) in [6, 6.07) is 0. The van der Waals surface area contributed by atoms with Gasteiger partial charge in [-0.1, -0.05) is 13.8 Å². The van der Waals surface area contributed by atoms with Crippen LogP contribution in [0.4, 0.5) is 0 Å². The second-order valence-corrected chi connectivity index (χ2v) is 3.13. The van der Waals surface area contributed by atoms with Crippen LogP contribution in [0.5, 0.6) is 0 Å². The number of rotatable bonds is 0. The summed E-state index contributed by atoms with van der Waals surface area (Å²) in [6.07, 6.45) is -1.72. The largest absolute Gasteiger partial charge is 0.387 e. The maximum Gasteiger partial charge on any atom is 0.181 e. The van der Waals surface area contributed by atoms with Crippen molar-refractivity contribution in [2.45, 2.75) is 26.2 Å². The van der Waals surface area contributed by atoms with Crippen LogP contribution in [0.1, 0.15) is 13.8 Å². The lowest BCUT2D eigenvalue weighted by Gasteiger charge is -2.19. The number of aliphatic hydroxyl groups is 2. The molecule has 0 aromatic carbocycles. The van der Waals surface area contributed by atoms with Crippen molar-refractivity contribution >= 4 is 0 Å². The Morgan fingerprint density at radius 1 is 1.44 bits per heavy atom. The summed E-state index contributed by atoms with van der Waals surface area (Å²) >= 11 is 0. The molecular weight excluding hydrogens is 120 g/mol. The summed E-state index contributed by atoms with van der Waals surface area (Å²) in [4.78, 5) is 0. The van der Waals surface area contributed by atoms with Gasteiger partial charge >= 0.3 is 0 Å². The number of hydrogen-bond donors (Lipinski definition) is 2. The lowest BCUT2D eigenvalue weighted by atomic mass is 9.90. The molecule has 3 nitrogen and oxygen atoms in total. The third kappa shape index (κ3) is 1.08. The fraction of sp³-hybridized carbons (Fsp3) is 1.00. The van der Waals surface area contributed by atoms with Gasteiger partial charge in [0.2, 0.25) is 0 Å². The van der Waals surface area contributed by atoms with Crippen LogP contribution in [0.25, 0.3) is 0 Å². The first-order chi connectivity index (χ1) is 4.04. The molecule has 0 aromatic rings. The van der Waals surface area contributed by atoms with Crippen molar-refractivity contribution in [2.24, 2.45) is 5.41 Å². The molecule has 1 rings (SSSR count). The van der Waals surface area contributed by atoms with Gasteiger partial charge in [0, 0.05) is 5.41 Å². The summed E-state index contributed by atoms with van der Waals surface area (Å²) < 4.78 is 4.79. The minimum atomic E-state index is -0.986. The molecule has 1 aliphatic heterocycles. The van der Waals surface area contributed by atoms with E-state index in [0.717, 1.165) is 0 Å². The first kappa shape index (κ1) is 6.99. The average Bonchev–Trinajstić information content (AvgIpc) is 1.97. The Hall–Kier alpha value is -0.120. The minimum absolute atomic E-state index is 0.292. The molecule has 0 aliphatic carbocycles. The molecule has 3 heteroatoms. The van der Waals surface area contributed by atoms with Crippen molar-refractivity contribution in [3.05, 3.63) is 0 Å². The summed E-state index contributed by atoms with van der Waals surface area (Å²) in [5, 5.41) is 18.0. The van der Waals surface area contributed by atoms with Crippen LogP contribution in [-0.2, 0) is 4.74 Å². The second kappa shape index (κ2) is 1.94. The zero-order valence-corrected chi connectivity index (χ0v) is 5.66. The highest BCUT2D eigenvalue weighted by molar-refractivity contribution is 4.84. The number of ether oxygens (including phenoxy) is 1. The van der Waals surface area contributed by atoms with E-state index in [1.165, 1.54) is 0 Å². The van der Waals surface area contributed by atoms with E-state index in [-0.39, 0.29) is 5.41 Å². The third-order valence-electron chi connectivity index (χ3n) is 1.70. The summed E-state index contributed by atoms with van der Waals surface area (Å²) in [5.41, 5.74) is -0.292. The maximum atomic E-state index is 9.15. The van der Waals surface area contributed by atoms with E-state index in [2.05, 4.69) is 0 Å². The fourth-order valence-corrected chi connectivity index (χ4v) is 0.863. The Kier molecular flexibility index (Phi) is 1.50. The van der Waals surface area contributed by atoms with Crippen LogP contribution >= 0.6 is 0 Å². The summed E-state index contributed by atoms with van der Waals surface area (Å²) in [6.45, 7) is 4.14. The maximum absolute atomic E-state index is 9.15. The van der Waals surface area contributed by atoms with Crippen LogP contribution in [0.2, 0.25) is 0 Å². The Morgan fingerprint density at radius 2 is 2.00 bits per heavy atom. The first-order valence-electron chi connectivity index (χ1n) is 3.02. The van der Waals surface area contributed by atoms with E-state index in [1.807, 2.05) is 13.8 Å². The van der Waals surface area contributed by atoms with Gasteiger partial charge in [-0.3, -0.25) is 0 Å². The quantitative estimate of drug-likeness (QED) is 0.476. The van der Waals surface area contributed by atoms with Crippen LogP contribution in [0, 0.1) is 5.41 Å². The van der Waals surface area contributed by atoms with Gasteiger partial charge in [0.05, 0.1) is 6.61 Å². The lowest BCUT2D eigenvalue weighted by molar-refractivity contribution is -0.111. The Balaban J connectivity index is 2.62. The van der Waals surface area contributed by atoms with Crippen LogP contribution in [-0.4, -0.2) is 29.2 Å². The van der Waals surface area contributed by atoms with Crippen molar-refractivity contribution in [3.63, 3.8) is 0 Å². The molecule has 1 unspecified atom stereocenters. The van der Waals surface area contributed by atoms with E-state index < -0.39 is 12.4 Å². The summed E-state index contributed by atoms with van der Waals surface area (Å²) in [7, 11) is 0. The van der Waals surface area contributed by atoms with Gasteiger partial charge in [-0.25, -0.2) is 0 Å². The Bertz CT molecular complexity index is 111. The van der Waals surface area contributed by atoms with Crippen molar-refractivity contribution in [1.29, 1.82) is 0 Å². The van der Waals surface area contributed by atoms with Crippen molar-refractivity contribution in [3.8, 4) is 0 Å². The van der Waals surface area contributed by atoms with Crippen LogP contribution in [0.3, 0.4) is 0 Å². The third-order valence-corrected chi connectivity index (χ3v) is 1.70. The molecule has 54 valence electrons. The van der Waals surface area contributed by atoms with Gasteiger partial charge in [-0.15, -0.1) is 0 Å². The SMILES string of the molecule is CC1(C)CO[C@H](O)C1O. The number of aliphatic hydroxyl groups excluding tert-OH is 2. The predicted molar refractivity (Wildman–Crippen MR) is 31.7 cm³/mol. The van der Waals surface area contributed by atoms with Crippen molar-refractivity contribution in [1.82, 2.24) is 0 Å². The standard InChI is InChI=1S/C6H12O3/c1-6(2)3-9-5(8)4(6)7/h4-5,7-8H,3H2,1-2H3/t4?,5-/m0/s1. The van der Waals surface area contributed by atoms with Gasteiger partial charge in [-0.05, 0) is 0 Å². The van der Waals surface area contributed by atoms with Gasteiger partial charge in [-0.2, -0.15) is 0 Å². The van der Waals surface area contributed by atoms with E-state index in [9.17, 15) is 0 Å². The molecule has 9 heavy (non-hydrogen) atoms. The smallest absolute Gasteiger partial charge is 0.181 e. The fourth-order valence-electron chi connectivity index (χ4n) is 0.863. The zero-order valence-electron chi connectivity index (χ0n) is 5.66. The molecule has 2 N–H and O–H groups in total. The van der Waals surface area contributed by atoms with Crippen LogP contribution in [0.15, 0.2) is 0 Å². The average molecular weight is 132 g/mol. The highest BCUT2D eigenvalue weighted by atomic mass is 16.6. The molecule has 0 bridgehead atoms. The summed E-state index contributed by atoms with van der Waals surface area (Å²) in [5.74, 6) is 0. The Labute approximate surface area is 54.3 Å². The highest BCUT2D eigenvalue weighted by Crippen LogP contribution is 2.30. The van der Waals surface area contributed by atoms with Crippen molar-refractivity contribution < 1.29 is 14.9 Å². The highest BCUT2D eigenvalue weighted by Gasteiger charge is 2.40. The van der Waals surface area contributed by atoms with Gasteiger partial charge in [0.15, 0.2) is 6.29 Å². The molecule has 0 aromatic heterocycles. The zero-order chi connectivity index (χ0) is 7.07. The molecular formula is C6H12O3. The van der Waals surface area contributed by atoms with E-state index in [1.54, 1.807) is 0 Å². The first-order valence-corrected chi connectivity index (χ1v) is 3.02. The van der Waals surface area contributed by atoms with Gasteiger partial charge in [0.1, 0.15) is 6.10 Å². The Morgan fingerprint density at radius 3 is 2.11 bits per heavy atom. The molecule has 0 radical (unpaired) electrons. The van der Waals surface area contributed by atoms with Gasteiger partial charge < -0.3 is 14.9 Å². The van der Waals surface area contributed by atoms with E-state index >= 15 is 0 Å². The monoisotopic (exact) mass is 132 g/mol. The molecule has 0 spiro atoms. The minimum Gasteiger partial charge on any atom is -0.387 e. The molecule has 2 atom stereocenters. The van der Waals surface area contributed by atoms with Crippen molar-refractivity contribution in [2.75, 3.05) is 6.61 Å². The van der Waals surface area contributed by atoms with Crippen LogP contribution < -0.4 is 0 Å². The number of hydrogen-bond acceptors (Lipinski definition) is 3.